The Balaban J connectivity index is 2.49. The minimum Gasteiger partial charge on any atom is -0.463 e. The number of hydrogen-bond acceptors (Lipinski definition) is 12. The van der Waals surface area contributed by atoms with Gasteiger partial charge in [0, 0.05) is 39.8 Å². The molecule has 1 unspecified atom stereocenters. The predicted octanol–water partition coefficient (Wildman–Crippen LogP) is 1.71. The molecule has 0 radical (unpaired) electrons. The first-order valence-corrected chi connectivity index (χ1v) is 10.2. The predicted molar refractivity (Wildman–Crippen MR) is 111 cm³/mol. The van der Waals surface area contributed by atoms with Crippen molar-refractivity contribution in [1.29, 1.82) is 0 Å². The van der Waals surface area contributed by atoms with E-state index in [4.69, 9.17) is 40.0 Å². The Morgan fingerprint density at radius 1 is 0.941 bits per heavy atom. The highest BCUT2D eigenvalue weighted by Gasteiger charge is 2.53. The molecule has 0 aromatic heterocycles. The Hall–Kier alpha value is -3.45. The van der Waals surface area contributed by atoms with Crippen molar-refractivity contribution in [2.24, 2.45) is 0 Å². The van der Waals surface area contributed by atoms with Crippen LogP contribution < -0.4 is 4.74 Å². The van der Waals surface area contributed by atoms with Crippen molar-refractivity contribution < 1.29 is 52.5 Å². The van der Waals surface area contributed by atoms with E-state index in [-0.39, 0.29) is 16.5 Å². The average Bonchev–Trinajstić information content (AvgIpc) is 2.71. The number of rotatable bonds is 8. The highest BCUT2D eigenvalue weighted by molar-refractivity contribution is 6.32. The van der Waals surface area contributed by atoms with Gasteiger partial charge in [-0.2, -0.15) is 0 Å². The van der Waals surface area contributed by atoms with Gasteiger partial charge in [-0.1, -0.05) is 11.6 Å². The maximum atomic E-state index is 11.8. The molecule has 1 aliphatic rings. The van der Waals surface area contributed by atoms with Gasteiger partial charge in [0.25, 0.3) is 5.69 Å². The number of nitro benzene ring substituents is 1. The molecule has 0 bridgehead atoms. The molecule has 1 aliphatic heterocycles. The number of carbonyl (C=O) groups excluding carboxylic acids is 4. The van der Waals surface area contributed by atoms with Crippen molar-refractivity contribution >= 4 is 41.2 Å². The molecule has 1 fully saturated rings. The molecule has 0 amide bonds. The van der Waals surface area contributed by atoms with Gasteiger partial charge < -0.3 is 28.4 Å². The van der Waals surface area contributed by atoms with Crippen LogP contribution in [0.2, 0.25) is 5.02 Å². The molecule has 1 aromatic carbocycles. The monoisotopic (exact) mass is 503 g/mol. The molecular formula is C20H22ClNO12. The zero-order valence-corrected chi connectivity index (χ0v) is 19.3. The van der Waals surface area contributed by atoms with Crippen molar-refractivity contribution in [2.75, 3.05) is 6.61 Å². The second-order valence-electron chi connectivity index (χ2n) is 7.06. The van der Waals surface area contributed by atoms with Gasteiger partial charge in [0.1, 0.15) is 18.5 Å². The van der Waals surface area contributed by atoms with Gasteiger partial charge in [0.15, 0.2) is 12.2 Å². The van der Waals surface area contributed by atoms with Gasteiger partial charge in [0.05, 0.1) is 9.95 Å². The van der Waals surface area contributed by atoms with Crippen molar-refractivity contribution in [3.8, 4) is 5.75 Å². The third-order valence-corrected chi connectivity index (χ3v) is 4.61. The molecule has 2 rings (SSSR count). The van der Waals surface area contributed by atoms with Crippen LogP contribution in [0.1, 0.15) is 27.7 Å². The molecule has 0 N–H and O–H groups in total. The number of benzene rings is 1. The second-order valence-corrected chi connectivity index (χ2v) is 7.46. The fourth-order valence-electron chi connectivity index (χ4n) is 3.11. The third-order valence-electron chi connectivity index (χ3n) is 4.32. The average molecular weight is 504 g/mol. The van der Waals surface area contributed by atoms with E-state index in [0.717, 1.165) is 39.8 Å². The van der Waals surface area contributed by atoms with Gasteiger partial charge in [0.2, 0.25) is 12.4 Å². The standard InChI is InChI=1S/C20H22ClNO12/c1-9(23)29-8-16-17(30-10(2)24)18(31-11(3)25)19(32-12(4)26)20(34-16)33-15-6-5-13(22(27)28)7-14(15)21/h5-7,16-20H,8H2,1-4H3/t16?,17-,18+,19+,20-/m1/s1. The van der Waals surface area contributed by atoms with Gasteiger partial charge in [-0.3, -0.25) is 29.3 Å². The van der Waals surface area contributed by atoms with Crippen LogP contribution in [0.4, 0.5) is 5.69 Å². The van der Waals surface area contributed by atoms with E-state index in [0.29, 0.717) is 0 Å². The summed E-state index contributed by atoms with van der Waals surface area (Å²) in [7, 11) is 0. The van der Waals surface area contributed by atoms with Crippen LogP contribution in [0, 0.1) is 10.1 Å². The highest BCUT2D eigenvalue weighted by Crippen LogP contribution is 2.34. The van der Waals surface area contributed by atoms with Crippen LogP contribution in [-0.2, 0) is 42.9 Å². The van der Waals surface area contributed by atoms with Crippen LogP contribution in [0.15, 0.2) is 18.2 Å². The van der Waals surface area contributed by atoms with E-state index in [1.807, 2.05) is 0 Å². The summed E-state index contributed by atoms with van der Waals surface area (Å²) < 4.78 is 32.2. The summed E-state index contributed by atoms with van der Waals surface area (Å²) in [6, 6.07) is 3.34. The number of halogens is 1. The summed E-state index contributed by atoms with van der Waals surface area (Å²) in [5.41, 5.74) is -0.307. The maximum absolute atomic E-state index is 11.8. The van der Waals surface area contributed by atoms with Gasteiger partial charge in [-0.05, 0) is 6.07 Å². The molecule has 14 heteroatoms. The lowest BCUT2D eigenvalue weighted by atomic mass is 9.98. The summed E-state index contributed by atoms with van der Waals surface area (Å²) >= 11 is 6.09. The first kappa shape index (κ1) is 26.8. The second kappa shape index (κ2) is 11.6. The van der Waals surface area contributed by atoms with Crippen molar-refractivity contribution in [2.45, 2.75) is 58.4 Å². The topological polar surface area (TPSA) is 167 Å². The van der Waals surface area contributed by atoms with Crippen molar-refractivity contribution in [3.05, 3.63) is 33.3 Å². The Labute approximate surface area is 198 Å². The van der Waals surface area contributed by atoms with E-state index in [1.54, 1.807) is 0 Å². The lowest BCUT2D eigenvalue weighted by Gasteiger charge is -2.43. The largest absolute Gasteiger partial charge is 0.463 e. The number of hydrogen-bond donors (Lipinski definition) is 0. The van der Waals surface area contributed by atoms with Crippen LogP contribution >= 0.6 is 11.6 Å². The summed E-state index contributed by atoms with van der Waals surface area (Å²) in [5.74, 6) is -3.16. The number of esters is 4. The van der Waals surface area contributed by atoms with Crippen LogP contribution in [0.5, 0.6) is 5.75 Å². The first-order chi connectivity index (χ1) is 15.9. The van der Waals surface area contributed by atoms with Crippen LogP contribution in [-0.4, -0.2) is 66.1 Å². The minimum absolute atomic E-state index is 0.0897. The maximum Gasteiger partial charge on any atom is 0.303 e. The lowest BCUT2D eigenvalue weighted by Crippen LogP contribution is -2.63. The Bertz CT molecular complexity index is 967. The van der Waals surface area contributed by atoms with Crippen LogP contribution in [0.25, 0.3) is 0 Å². The Morgan fingerprint density at radius 3 is 2.00 bits per heavy atom. The Morgan fingerprint density at radius 2 is 1.50 bits per heavy atom. The fraction of sp³-hybridized carbons (Fsp3) is 0.500. The van der Waals surface area contributed by atoms with Crippen LogP contribution in [0.3, 0.4) is 0 Å². The molecular weight excluding hydrogens is 482 g/mol. The highest BCUT2D eigenvalue weighted by atomic mass is 35.5. The quantitative estimate of drug-likeness (QED) is 0.218. The molecule has 0 saturated carbocycles. The van der Waals surface area contributed by atoms with E-state index < -0.39 is 66.1 Å². The molecule has 13 nitrogen and oxygen atoms in total. The first-order valence-electron chi connectivity index (χ1n) is 9.80. The summed E-state index contributed by atoms with van der Waals surface area (Å²) in [6.45, 7) is 3.95. The Kier molecular flexibility index (Phi) is 9.15. The van der Waals surface area contributed by atoms with Gasteiger partial charge >= 0.3 is 23.9 Å². The lowest BCUT2D eigenvalue weighted by molar-refractivity contribution is -0.384. The van der Waals surface area contributed by atoms with Crippen molar-refractivity contribution in [3.63, 3.8) is 0 Å². The molecule has 186 valence electrons. The van der Waals surface area contributed by atoms with E-state index in [9.17, 15) is 29.3 Å². The zero-order valence-electron chi connectivity index (χ0n) is 18.6. The third kappa shape index (κ3) is 7.28. The fourth-order valence-corrected chi connectivity index (χ4v) is 3.33. The molecule has 0 spiro atoms. The number of non-ortho nitro benzene ring substituents is 1. The van der Waals surface area contributed by atoms with E-state index in [2.05, 4.69) is 0 Å². The van der Waals surface area contributed by atoms with E-state index in [1.165, 1.54) is 6.07 Å². The number of nitro groups is 1. The number of carbonyl (C=O) groups is 4. The summed E-state index contributed by atoms with van der Waals surface area (Å²) in [4.78, 5) is 57.0. The SMILES string of the molecule is CC(=O)OCC1O[C@@H](Oc2ccc([N+](=O)[O-])cc2Cl)[C@@H](OC(C)=O)[C@@H](OC(C)=O)[C@@H]1OC(C)=O. The number of ether oxygens (including phenoxy) is 6. The molecule has 5 atom stereocenters. The molecule has 34 heavy (non-hydrogen) atoms. The smallest absolute Gasteiger partial charge is 0.303 e. The molecule has 1 aromatic rings. The normalized spacial score (nSPS) is 23.9. The molecule has 1 saturated heterocycles. The zero-order chi connectivity index (χ0) is 25.6. The summed E-state index contributed by atoms with van der Waals surface area (Å²) in [5, 5.41) is 10.8. The van der Waals surface area contributed by atoms with Gasteiger partial charge in [-0.15, -0.1) is 0 Å². The number of nitrogens with zero attached hydrogens (tertiary/aromatic N) is 1. The van der Waals surface area contributed by atoms with Crippen molar-refractivity contribution in [1.82, 2.24) is 0 Å². The van der Waals surface area contributed by atoms with E-state index >= 15 is 0 Å². The molecule has 1 heterocycles. The van der Waals surface area contributed by atoms with Gasteiger partial charge in [-0.25, -0.2) is 0 Å². The summed E-state index contributed by atoms with van der Waals surface area (Å²) in [6.07, 6.45) is -6.98. The minimum atomic E-state index is -1.51. The molecule has 0 aliphatic carbocycles.